The number of furan rings is 1. The smallest absolute Gasteiger partial charge is 0.290 e. The van der Waals surface area contributed by atoms with Gasteiger partial charge in [-0.1, -0.05) is 0 Å². The van der Waals surface area contributed by atoms with Crippen LogP contribution in [0.1, 0.15) is 23.4 Å². The number of amides is 2. The molecular formula is C10H12N2O3. The Labute approximate surface area is 86.8 Å². The fourth-order valence-electron chi connectivity index (χ4n) is 1.85. The second-order valence-electron chi connectivity index (χ2n) is 3.54. The first kappa shape index (κ1) is 9.76. The Balaban J connectivity index is 2.17. The van der Waals surface area contributed by atoms with Crippen LogP contribution in [0.4, 0.5) is 0 Å². The van der Waals surface area contributed by atoms with Gasteiger partial charge in [0.2, 0.25) is 5.91 Å². The fraction of sp³-hybridized carbons (Fsp3) is 0.400. The average molecular weight is 208 g/mol. The molecule has 80 valence electrons. The van der Waals surface area contributed by atoms with Crippen molar-refractivity contribution in [1.82, 2.24) is 4.90 Å². The van der Waals surface area contributed by atoms with E-state index in [9.17, 15) is 9.59 Å². The SMILES string of the molecule is NC(=O)C1CCCN1C(=O)c1ccco1. The van der Waals surface area contributed by atoms with E-state index in [1.807, 2.05) is 0 Å². The van der Waals surface area contributed by atoms with Crippen LogP contribution in [0.15, 0.2) is 22.8 Å². The highest BCUT2D eigenvalue weighted by atomic mass is 16.3. The minimum Gasteiger partial charge on any atom is -0.459 e. The summed E-state index contributed by atoms with van der Waals surface area (Å²) in [4.78, 5) is 24.4. The highest BCUT2D eigenvalue weighted by Crippen LogP contribution is 2.19. The second-order valence-corrected chi connectivity index (χ2v) is 3.54. The van der Waals surface area contributed by atoms with Gasteiger partial charge in [0.15, 0.2) is 5.76 Å². The maximum atomic E-state index is 11.8. The average Bonchev–Trinajstić information content (AvgIpc) is 2.88. The van der Waals surface area contributed by atoms with Crippen molar-refractivity contribution >= 4 is 11.8 Å². The van der Waals surface area contributed by atoms with Gasteiger partial charge in [-0.25, -0.2) is 0 Å². The molecule has 0 spiro atoms. The molecule has 1 aliphatic rings. The van der Waals surface area contributed by atoms with Crippen LogP contribution in [-0.2, 0) is 4.79 Å². The van der Waals surface area contributed by atoms with Crippen LogP contribution in [0.3, 0.4) is 0 Å². The Bertz CT molecular complexity index is 372. The lowest BCUT2D eigenvalue weighted by Gasteiger charge is -2.20. The van der Waals surface area contributed by atoms with Gasteiger partial charge in [0.25, 0.3) is 5.91 Å². The Hall–Kier alpha value is -1.78. The van der Waals surface area contributed by atoms with E-state index in [-0.39, 0.29) is 11.7 Å². The van der Waals surface area contributed by atoms with Crippen LogP contribution in [0, 0.1) is 0 Å². The molecule has 5 heteroatoms. The molecule has 2 N–H and O–H groups in total. The first-order valence-corrected chi connectivity index (χ1v) is 4.84. The highest BCUT2D eigenvalue weighted by molar-refractivity contribution is 5.95. The van der Waals surface area contributed by atoms with E-state index in [0.717, 1.165) is 6.42 Å². The molecule has 0 aliphatic carbocycles. The van der Waals surface area contributed by atoms with Crippen LogP contribution in [-0.4, -0.2) is 29.3 Å². The third kappa shape index (κ3) is 1.72. The Morgan fingerprint density at radius 1 is 1.53 bits per heavy atom. The molecule has 1 atom stereocenters. The number of nitrogens with two attached hydrogens (primary N) is 1. The van der Waals surface area contributed by atoms with E-state index >= 15 is 0 Å². The molecule has 1 aromatic rings. The molecule has 0 bridgehead atoms. The molecule has 5 nitrogen and oxygen atoms in total. The maximum Gasteiger partial charge on any atom is 0.290 e. The van der Waals surface area contributed by atoms with Crippen molar-refractivity contribution in [2.24, 2.45) is 5.73 Å². The van der Waals surface area contributed by atoms with Crippen LogP contribution in [0.2, 0.25) is 0 Å². The maximum absolute atomic E-state index is 11.8. The van der Waals surface area contributed by atoms with Gasteiger partial charge in [0.1, 0.15) is 6.04 Å². The number of primary amides is 1. The zero-order valence-electron chi connectivity index (χ0n) is 8.18. The normalized spacial score (nSPS) is 20.5. The van der Waals surface area contributed by atoms with Crippen molar-refractivity contribution in [2.75, 3.05) is 6.54 Å². The summed E-state index contributed by atoms with van der Waals surface area (Å²) in [5.41, 5.74) is 5.22. The molecule has 2 heterocycles. The number of nitrogens with zero attached hydrogens (tertiary/aromatic N) is 1. The standard InChI is InChI=1S/C10H12N2O3/c11-9(13)7-3-1-5-12(7)10(14)8-4-2-6-15-8/h2,4,6-7H,1,3,5H2,(H2,11,13). The Morgan fingerprint density at radius 3 is 2.93 bits per heavy atom. The first-order chi connectivity index (χ1) is 7.20. The van der Waals surface area contributed by atoms with E-state index < -0.39 is 11.9 Å². The quantitative estimate of drug-likeness (QED) is 0.762. The summed E-state index contributed by atoms with van der Waals surface area (Å²) in [6.45, 7) is 0.563. The summed E-state index contributed by atoms with van der Waals surface area (Å²) in [5, 5.41) is 0. The molecule has 1 aliphatic heterocycles. The van der Waals surface area contributed by atoms with Crippen molar-refractivity contribution in [3.05, 3.63) is 24.2 Å². The lowest BCUT2D eigenvalue weighted by molar-refractivity contribution is -0.121. The van der Waals surface area contributed by atoms with Crippen LogP contribution < -0.4 is 5.73 Å². The number of carbonyl (C=O) groups is 2. The van der Waals surface area contributed by atoms with Gasteiger partial charge in [0.05, 0.1) is 6.26 Å². The topological polar surface area (TPSA) is 76.5 Å². The summed E-state index contributed by atoms with van der Waals surface area (Å²) in [6.07, 6.45) is 2.88. The van der Waals surface area contributed by atoms with Gasteiger partial charge in [-0.3, -0.25) is 9.59 Å². The van der Waals surface area contributed by atoms with Crippen LogP contribution in [0.5, 0.6) is 0 Å². The van der Waals surface area contributed by atoms with Gasteiger partial charge < -0.3 is 15.1 Å². The largest absolute Gasteiger partial charge is 0.459 e. The van der Waals surface area contributed by atoms with Gasteiger partial charge in [-0.05, 0) is 25.0 Å². The number of hydrogen-bond donors (Lipinski definition) is 1. The Morgan fingerprint density at radius 2 is 2.33 bits per heavy atom. The molecule has 1 aromatic heterocycles. The lowest BCUT2D eigenvalue weighted by atomic mass is 10.2. The number of carbonyl (C=O) groups excluding carboxylic acids is 2. The zero-order chi connectivity index (χ0) is 10.8. The molecule has 2 rings (SSSR count). The van der Waals surface area contributed by atoms with Gasteiger partial charge in [-0.15, -0.1) is 0 Å². The van der Waals surface area contributed by atoms with Gasteiger partial charge >= 0.3 is 0 Å². The summed E-state index contributed by atoms with van der Waals surface area (Å²) < 4.78 is 4.99. The number of hydrogen-bond acceptors (Lipinski definition) is 3. The molecule has 15 heavy (non-hydrogen) atoms. The predicted octanol–water partition coefficient (Wildman–Crippen LogP) is 0.369. The van der Waals surface area contributed by atoms with E-state index in [4.69, 9.17) is 10.2 Å². The van der Waals surface area contributed by atoms with Gasteiger partial charge in [0, 0.05) is 6.54 Å². The highest BCUT2D eigenvalue weighted by Gasteiger charge is 2.33. The monoisotopic (exact) mass is 208 g/mol. The van der Waals surface area contributed by atoms with Crippen molar-refractivity contribution in [3.8, 4) is 0 Å². The van der Waals surface area contributed by atoms with E-state index in [0.29, 0.717) is 13.0 Å². The molecule has 1 unspecified atom stereocenters. The summed E-state index contributed by atoms with van der Waals surface area (Å²) in [6, 6.07) is 2.74. The second kappa shape index (κ2) is 3.76. The van der Waals surface area contributed by atoms with E-state index in [1.165, 1.54) is 11.2 Å². The van der Waals surface area contributed by atoms with Crippen molar-refractivity contribution in [1.29, 1.82) is 0 Å². The summed E-state index contributed by atoms with van der Waals surface area (Å²) in [5.74, 6) is -0.461. The van der Waals surface area contributed by atoms with E-state index in [1.54, 1.807) is 12.1 Å². The minimum absolute atomic E-state index is 0.253. The molecule has 0 saturated carbocycles. The van der Waals surface area contributed by atoms with Crippen LogP contribution in [0.25, 0.3) is 0 Å². The predicted molar refractivity (Wildman–Crippen MR) is 52.0 cm³/mol. The number of likely N-dealkylation sites (tertiary alicyclic amines) is 1. The molecule has 1 saturated heterocycles. The summed E-state index contributed by atoms with van der Waals surface area (Å²) >= 11 is 0. The molecule has 0 aromatic carbocycles. The third-order valence-corrected chi connectivity index (χ3v) is 2.57. The Kier molecular flexibility index (Phi) is 2.45. The van der Waals surface area contributed by atoms with Crippen molar-refractivity contribution in [2.45, 2.75) is 18.9 Å². The number of rotatable bonds is 2. The zero-order valence-corrected chi connectivity index (χ0v) is 8.18. The molecular weight excluding hydrogens is 196 g/mol. The van der Waals surface area contributed by atoms with Crippen LogP contribution >= 0.6 is 0 Å². The van der Waals surface area contributed by atoms with E-state index in [2.05, 4.69) is 0 Å². The van der Waals surface area contributed by atoms with Gasteiger partial charge in [-0.2, -0.15) is 0 Å². The minimum atomic E-state index is -0.484. The first-order valence-electron chi connectivity index (χ1n) is 4.84. The molecule has 2 amide bonds. The summed E-state index contributed by atoms with van der Waals surface area (Å²) in [7, 11) is 0. The fourth-order valence-corrected chi connectivity index (χ4v) is 1.85. The molecule has 0 radical (unpaired) electrons. The van der Waals surface area contributed by atoms with Crippen molar-refractivity contribution in [3.63, 3.8) is 0 Å². The van der Waals surface area contributed by atoms with Crippen molar-refractivity contribution < 1.29 is 14.0 Å². The third-order valence-electron chi connectivity index (χ3n) is 2.57. The lowest BCUT2D eigenvalue weighted by Crippen LogP contribution is -2.43. The molecule has 1 fully saturated rings.